The molecule has 0 aliphatic heterocycles. The van der Waals surface area contributed by atoms with E-state index in [4.69, 9.17) is 9.72 Å². The standard InChI is InChI=1S/C25H20FNO3S/c1-31(28,29)22-13-9-20(10-14-22)25-23(19-5-3-2-4-6-19)15-16-24(27-25)30-17-18-7-11-21(26)12-8-18/h2-16H,17H2,1H3. The van der Waals surface area contributed by atoms with Gasteiger partial charge >= 0.3 is 0 Å². The molecular formula is C25H20FNO3S. The van der Waals surface area contributed by atoms with Crippen LogP contribution in [0.4, 0.5) is 4.39 Å². The maximum absolute atomic E-state index is 13.1. The lowest BCUT2D eigenvalue weighted by Crippen LogP contribution is -2.00. The van der Waals surface area contributed by atoms with Gasteiger partial charge in [0.15, 0.2) is 9.84 Å². The zero-order chi connectivity index (χ0) is 21.8. The van der Waals surface area contributed by atoms with Crippen molar-refractivity contribution in [3.8, 4) is 28.3 Å². The lowest BCUT2D eigenvalue weighted by molar-refractivity contribution is 0.294. The van der Waals surface area contributed by atoms with Gasteiger partial charge in [-0.2, -0.15) is 0 Å². The van der Waals surface area contributed by atoms with Gasteiger partial charge in [-0.15, -0.1) is 0 Å². The first-order chi connectivity index (χ1) is 14.9. The fourth-order valence-electron chi connectivity index (χ4n) is 3.19. The molecule has 0 aliphatic rings. The van der Waals surface area contributed by atoms with Crippen molar-refractivity contribution in [2.24, 2.45) is 0 Å². The molecule has 1 aromatic heterocycles. The minimum atomic E-state index is -3.29. The molecule has 0 saturated carbocycles. The molecule has 0 bridgehead atoms. The molecule has 0 saturated heterocycles. The Kier molecular flexibility index (Phi) is 5.82. The van der Waals surface area contributed by atoms with Crippen molar-refractivity contribution in [3.05, 3.63) is 102 Å². The summed E-state index contributed by atoms with van der Waals surface area (Å²) >= 11 is 0. The smallest absolute Gasteiger partial charge is 0.214 e. The minimum absolute atomic E-state index is 0.251. The number of aromatic nitrogens is 1. The van der Waals surface area contributed by atoms with Crippen LogP contribution in [-0.4, -0.2) is 19.7 Å². The highest BCUT2D eigenvalue weighted by Gasteiger charge is 2.13. The van der Waals surface area contributed by atoms with E-state index in [1.165, 1.54) is 18.4 Å². The largest absolute Gasteiger partial charge is 0.473 e. The maximum Gasteiger partial charge on any atom is 0.214 e. The topological polar surface area (TPSA) is 56.3 Å². The average Bonchev–Trinajstić information content (AvgIpc) is 2.79. The van der Waals surface area contributed by atoms with Crippen LogP contribution in [0.1, 0.15) is 5.56 Å². The van der Waals surface area contributed by atoms with Gasteiger partial charge in [-0.3, -0.25) is 0 Å². The Labute approximate surface area is 180 Å². The van der Waals surface area contributed by atoms with Crippen molar-refractivity contribution in [1.29, 1.82) is 0 Å². The Bertz CT molecular complexity index is 1290. The van der Waals surface area contributed by atoms with Gasteiger partial charge in [-0.1, -0.05) is 54.6 Å². The summed E-state index contributed by atoms with van der Waals surface area (Å²) in [7, 11) is -3.29. The quantitative estimate of drug-likeness (QED) is 0.401. The highest BCUT2D eigenvalue weighted by molar-refractivity contribution is 7.90. The third kappa shape index (κ3) is 4.98. The van der Waals surface area contributed by atoms with Crippen molar-refractivity contribution in [2.75, 3.05) is 6.26 Å². The monoisotopic (exact) mass is 433 g/mol. The van der Waals surface area contributed by atoms with Gasteiger partial charge in [0.05, 0.1) is 10.6 Å². The summed E-state index contributed by atoms with van der Waals surface area (Å²) in [6.07, 6.45) is 1.18. The van der Waals surface area contributed by atoms with Crippen LogP contribution in [0.15, 0.2) is 95.9 Å². The van der Waals surface area contributed by atoms with E-state index in [1.807, 2.05) is 36.4 Å². The second kappa shape index (κ2) is 8.70. The van der Waals surface area contributed by atoms with E-state index in [1.54, 1.807) is 42.5 Å². The number of halogens is 1. The molecule has 0 amide bonds. The number of ether oxygens (including phenoxy) is 1. The summed E-state index contributed by atoms with van der Waals surface area (Å²) in [5.74, 6) is 0.125. The minimum Gasteiger partial charge on any atom is -0.473 e. The Balaban J connectivity index is 1.71. The summed E-state index contributed by atoms with van der Waals surface area (Å²) in [4.78, 5) is 4.95. The fraction of sp³-hybridized carbons (Fsp3) is 0.0800. The number of hydrogen-bond acceptors (Lipinski definition) is 4. The molecule has 4 aromatic rings. The molecule has 4 nitrogen and oxygen atoms in total. The van der Waals surface area contributed by atoms with Gasteiger partial charge in [-0.05, 0) is 41.5 Å². The molecule has 0 N–H and O–H groups in total. The molecule has 0 spiro atoms. The van der Waals surface area contributed by atoms with Gasteiger partial charge in [0.25, 0.3) is 0 Å². The van der Waals surface area contributed by atoms with Crippen molar-refractivity contribution in [3.63, 3.8) is 0 Å². The summed E-state index contributed by atoms with van der Waals surface area (Å²) in [6.45, 7) is 0.254. The summed E-state index contributed by atoms with van der Waals surface area (Å²) in [5.41, 5.74) is 4.18. The molecule has 3 aromatic carbocycles. The number of hydrogen-bond donors (Lipinski definition) is 0. The fourth-order valence-corrected chi connectivity index (χ4v) is 3.82. The van der Waals surface area contributed by atoms with Crippen LogP contribution >= 0.6 is 0 Å². The molecule has 31 heavy (non-hydrogen) atoms. The number of rotatable bonds is 6. The lowest BCUT2D eigenvalue weighted by atomic mass is 9.99. The second-order valence-electron chi connectivity index (χ2n) is 7.12. The Hall–Kier alpha value is -3.51. The van der Waals surface area contributed by atoms with Crippen molar-refractivity contribution < 1.29 is 17.5 Å². The van der Waals surface area contributed by atoms with E-state index >= 15 is 0 Å². The van der Waals surface area contributed by atoms with Crippen LogP contribution in [0.3, 0.4) is 0 Å². The molecule has 1 heterocycles. The normalized spacial score (nSPS) is 11.3. The summed E-state index contributed by atoms with van der Waals surface area (Å²) in [5, 5.41) is 0. The van der Waals surface area contributed by atoms with Crippen LogP contribution in [0.2, 0.25) is 0 Å². The highest BCUT2D eigenvalue weighted by Crippen LogP contribution is 2.33. The van der Waals surface area contributed by atoms with Crippen LogP contribution in [0.25, 0.3) is 22.4 Å². The SMILES string of the molecule is CS(=O)(=O)c1ccc(-c2nc(OCc3ccc(F)cc3)ccc2-c2ccccc2)cc1. The molecular weight excluding hydrogens is 413 g/mol. The van der Waals surface area contributed by atoms with E-state index in [-0.39, 0.29) is 17.3 Å². The number of benzene rings is 3. The summed E-state index contributed by atoms with van der Waals surface area (Å²) < 4.78 is 42.6. The number of pyridine rings is 1. The van der Waals surface area contributed by atoms with Crippen molar-refractivity contribution in [1.82, 2.24) is 4.98 Å². The van der Waals surface area contributed by atoms with Crippen LogP contribution < -0.4 is 4.74 Å². The van der Waals surface area contributed by atoms with E-state index in [0.717, 1.165) is 22.3 Å². The van der Waals surface area contributed by atoms with Gasteiger partial charge in [0, 0.05) is 23.4 Å². The highest BCUT2D eigenvalue weighted by atomic mass is 32.2. The molecule has 156 valence electrons. The van der Waals surface area contributed by atoms with Crippen molar-refractivity contribution in [2.45, 2.75) is 11.5 Å². The molecule has 0 unspecified atom stereocenters. The van der Waals surface area contributed by atoms with Gasteiger partial charge in [0.2, 0.25) is 5.88 Å². The third-order valence-corrected chi connectivity index (χ3v) is 5.94. The van der Waals surface area contributed by atoms with Crippen molar-refractivity contribution >= 4 is 9.84 Å². The number of nitrogens with zero attached hydrogens (tertiary/aromatic N) is 1. The lowest BCUT2D eigenvalue weighted by Gasteiger charge is -2.13. The molecule has 0 atom stereocenters. The number of sulfone groups is 1. The van der Waals surface area contributed by atoms with Crippen LogP contribution in [0, 0.1) is 5.82 Å². The molecule has 0 aliphatic carbocycles. The first-order valence-corrected chi connectivity index (χ1v) is 11.5. The predicted molar refractivity (Wildman–Crippen MR) is 119 cm³/mol. The Morgan fingerprint density at radius 2 is 1.48 bits per heavy atom. The van der Waals surface area contributed by atoms with Gasteiger partial charge in [-0.25, -0.2) is 17.8 Å². The molecule has 0 radical (unpaired) electrons. The van der Waals surface area contributed by atoms with E-state index in [0.29, 0.717) is 11.6 Å². The van der Waals surface area contributed by atoms with Gasteiger partial charge < -0.3 is 4.74 Å². The summed E-state index contributed by atoms with van der Waals surface area (Å²) in [6, 6.07) is 26.3. The van der Waals surface area contributed by atoms with Crippen LogP contribution in [0.5, 0.6) is 5.88 Å². The first-order valence-electron chi connectivity index (χ1n) is 9.64. The second-order valence-corrected chi connectivity index (χ2v) is 9.14. The maximum atomic E-state index is 13.1. The van der Waals surface area contributed by atoms with Crippen LogP contribution in [-0.2, 0) is 16.4 Å². The van der Waals surface area contributed by atoms with E-state index in [9.17, 15) is 12.8 Å². The Morgan fingerprint density at radius 3 is 2.13 bits per heavy atom. The Morgan fingerprint density at radius 1 is 0.806 bits per heavy atom. The van der Waals surface area contributed by atoms with Gasteiger partial charge in [0.1, 0.15) is 12.4 Å². The average molecular weight is 434 g/mol. The molecule has 4 rings (SSSR count). The zero-order valence-electron chi connectivity index (χ0n) is 16.8. The molecule has 6 heteroatoms. The van der Waals surface area contributed by atoms with E-state index < -0.39 is 9.84 Å². The first kappa shape index (κ1) is 20.8. The predicted octanol–water partition coefficient (Wildman–Crippen LogP) is 5.54. The zero-order valence-corrected chi connectivity index (χ0v) is 17.6. The molecule has 0 fully saturated rings. The van der Waals surface area contributed by atoms with E-state index in [2.05, 4.69) is 0 Å². The third-order valence-electron chi connectivity index (χ3n) is 4.81.